The van der Waals surface area contributed by atoms with Crippen LogP contribution < -0.4 is 14.4 Å². The number of rotatable bonds is 13. The zero-order valence-electron chi connectivity index (χ0n) is 24.5. The maximum Gasteiger partial charge on any atom is 0.416 e. The number of hydrogen-bond acceptors (Lipinski definition) is 5. The minimum Gasteiger partial charge on any atom is -0.497 e. The third kappa shape index (κ3) is 9.74. The lowest BCUT2D eigenvalue weighted by Gasteiger charge is -2.33. The number of methoxy groups -OCH3 is 1. The standard InChI is InChI=1S/C31H36F3N3O5S/c1-22(2)19-35-30(39)28(17-23-10-6-5-7-11-23)36(20-24-12-8-15-27(16-24)42-3)29(38)21-37(43(4,40)41)26-14-9-13-25(18-26)31(32,33)34/h5-16,18,22,28H,17,19-21H2,1-4H3,(H,35,39)/t28-/m1/s1. The van der Waals surface area contributed by atoms with Gasteiger partial charge in [0.25, 0.3) is 0 Å². The lowest BCUT2D eigenvalue weighted by atomic mass is 10.0. The molecule has 0 saturated carbocycles. The van der Waals surface area contributed by atoms with Crippen LogP contribution in [0, 0.1) is 5.92 Å². The quantitative estimate of drug-likeness (QED) is 0.294. The fourth-order valence-electron chi connectivity index (χ4n) is 4.40. The number of carbonyl (C=O) groups excluding carboxylic acids is 2. The molecule has 12 heteroatoms. The molecule has 1 N–H and O–H groups in total. The van der Waals surface area contributed by atoms with Crippen LogP contribution in [0.1, 0.15) is 30.5 Å². The largest absolute Gasteiger partial charge is 0.497 e. The Balaban J connectivity index is 2.09. The van der Waals surface area contributed by atoms with Crippen molar-refractivity contribution >= 4 is 27.5 Å². The van der Waals surface area contributed by atoms with Gasteiger partial charge in [0.05, 0.1) is 24.6 Å². The maximum absolute atomic E-state index is 14.1. The zero-order chi connectivity index (χ0) is 31.8. The topological polar surface area (TPSA) is 96.0 Å². The molecule has 43 heavy (non-hydrogen) atoms. The minimum atomic E-state index is -4.73. The fraction of sp³-hybridized carbons (Fsp3) is 0.355. The van der Waals surface area contributed by atoms with Gasteiger partial charge < -0.3 is 15.0 Å². The van der Waals surface area contributed by atoms with Gasteiger partial charge in [-0.05, 0) is 47.4 Å². The van der Waals surface area contributed by atoms with Crippen LogP contribution in [-0.4, -0.2) is 57.6 Å². The molecule has 3 aromatic rings. The number of sulfonamides is 1. The van der Waals surface area contributed by atoms with Gasteiger partial charge >= 0.3 is 6.18 Å². The summed E-state index contributed by atoms with van der Waals surface area (Å²) >= 11 is 0. The summed E-state index contributed by atoms with van der Waals surface area (Å²) in [7, 11) is -2.74. The Hall–Kier alpha value is -4.06. The lowest BCUT2D eigenvalue weighted by Crippen LogP contribution is -2.53. The molecule has 0 aliphatic rings. The number of nitrogens with zero attached hydrogens (tertiary/aromatic N) is 2. The molecule has 2 amide bonds. The number of alkyl halides is 3. The molecule has 0 fully saturated rings. The third-order valence-electron chi connectivity index (χ3n) is 6.58. The number of anilines is 1. The van der Waals surface area contributed by atoms with Gasteiger partial charge in [0, 0.05) is 19.5 Å². The second-order valence-electron chi connectivity index (χ2n) is 10.5. The van der Waals surface area contributed by atoms with Crippen molar-refractivity contribution in [3.63, 3.8) is 0 Å². The Morgan fingerprint density at radius 3 is 2.19 bits per heavy atom. The average Bonchev–Trinajstić information content (AvgIpc) is 2.96. The van der Waals surface area contributed by atoms with Gasteiger partial charge in [-0.1, -0.05) is 62.4 Å². The molecule has 0 saturated heterocycles. The van der Waals surface area contributed by atoms with Crippen LogP contribution >= 0.6 is 0 Å². The first-order valence-electron chi connectivity index (χ1n) is 13.6. The van der Waals surface area contributed by atoms with Crippen molar-refractivity contribution in [2.75, 3.05) is 30.8 Å². The van der Waals surface area contributed by atoms with Crippen LogP contribution in [0.4, 0.5) is 18.9 Å². The van der Waals surface area contributed by atoms with Crippen molar-refractivity contribution in [2.45, 2.75) is 39.0 Å². The zero-order valence-corrected chi connectivity index (χ0v) is 25.3. The van der Waals surface area contributed by atoms with E-state index >= 15 is 0 Å². The van der Waals surface area contributed by atoms with Gasteiger partial charge in [-0.15, -0.1) is 0 Å². The number of hydrogen-bond donors (Lipinski definition) is 1. The second-order valence-corrected chi connectivity index (χ2v) is 12.4. The molecule has 232 valence electrons. The van der Waals surface area contributed by atoms with E-state index in [-0.39, 0.29) is 24.6 Å². The Morgan fingerprint density at radius 1 is 0.930 bits per heavy atom. The smallest absolute Gasteiger partial charge is 0.416 e. The summed E-state index contributed by atoms with van der Waals surface area (Å²) in [6.07, 6.45) is -3.80. The average molecular weight is 620 g/mol. The highest BCUT2D eigenvalue weighted by molar-refractivity contribution is 7.92. The molecule has 0 aromatic heterocycles. The number of benzene rings is 3. The first-order chi connectivity index (χ1) is 20.2. The van der Waals surface area contributed by atoms with E-state index in [2.05, 4.69) is 5.32 Å². The monoisotopic (exact) mass is 619 g/mol. The van der Waals surface area contributed by atoms with Crippen molar-refractivity contribution in [1.29, 1.82) is 0 Å². The van der Waals surface area contributed by atoms with Crippen molar-refractivity contribution < 1.29 is 35.9 Å². The highest BCUT2D eigenvalue weighted by Gasteiger charge is 2.35. The normalized spacial score (nSPS) is 12.5. The van der Waals surface area contributed by atoms with E-state index in [1.165, 1.54) is 18.1 Å². The van der Waals surface area contributed by atoms with E-state index in [9.17, 15) is 31.2 Å². The molecule has 0 heterocycles. The van der Waals surface area contributed by atoms with Crippen LogP contribution in [0.15, 0.2) is 78.9 Å². The number of ether oxygens (including phenoxy) is 1. The molecule has 0 aliphatic heterocycles. The van der Waals surface area contributed by atoms with Crippen molar-refractivity contribution in [3.8, 4) is 5.75 Å². The van der Waals surface area contributed by atoms with Gasteiger partial charge in [0.15, 0.2) is 0 Å². The number of amides is 2. The van der Waals surface area contributed by atoms with Gasteiger partial charge in [-0.3, -0.25) is 13.9 Å². The van der Waals surface area contributed by atoms with E-state index in [4.69, 9.17) is 4.74 Å². The number of carbonyl (C=O) groups is 2. The SMILES string of the molecule is COc1cccc(CN(C(=O)CN(c2cccc(C(F)(F)F)c2)S(C)(=O)=O)[C@H](Cc2ccccc2)C(=O)NCC(C)C)c1. The van der Waals surface area contributed by atoms with Crippen LogP contribution in [-0.2, 0) is 38.8 Å². The Labute approximate surface area is 250 Å². The van der Waals surface area contributed by atoms with Gasteiger partial charge in [0.1, 0.15) is 18.3 Å². The lowest BCUT2D eigenvalue weighted by molar-refractivity contribution is -0.140. The highest BCUT2D eigenvalue weighted by atomic mass is 32.2. The molecule has 0 spiro atoms. The second kappa shape index (κ2) is 14.4. The van der Waals surface area contributed by atoms with E-state index in [0.29, 0.717) is 28.2 Å². The van der Waals surface area contributed by atoms with E-state index < -0.39 is 46.2 Å². The van der Waals surface area contributed by atoms with E-state index in [0.717, 1.165) is 24.0 Å². The molecule has 0 bridgehead atoms. The summed E-state index contributed by atoms with van der Waals surface area (Å²) < 4.78 is 72.0. The summed E-state index contributed by atoms with van der Waals surface area (Å²) in [5, 5.41) is 2.87. The van der Waals surface area contributed by atoms with Gasteiger partial charge in [-0.2, -0.15) is 13.2 Å². The molecule has 0 unspecified atom stereocenters. The van der Waals surface area contributed by atoms with E-state index in [1.54, 1.807) is 36.4 Å². The summed E-state index contributed by atoms with van der Waals surface area (Å²) in [5.74, 6) is -0.592. The fourth-order valence-corrected chi connectivity index (χ4v) is 5.24. The van der Waals surface area contributed by atoms with Crippen LogP contribution in [0.3, 0.4) is 0 Å². The molecule has 0 aliphatic carbocycles. The summed E-state index contributed by atoms with van der Waals surface area (Å²) in [6, 6.07) is 18.6. The minimum absolute atomic E-state index is 0.0944. The van der Waals surface area contributed by atoms with Gasteiger partial charge in [0.2, 0.25) is 21.8 Å². The highest BCUT2D eigenvalue weighted by Crippen LogP contribution is 2.32. The first kappa shape index (κ1) is 33.4. The maximum atomic E-state index is 14.1. The number of halogens is 3. The first-order valence-corrected chi connectivity index (χ1v) is 15.4. The third-order valence-corrected chi connectivity index (χ3v) is 7.72. The molecule has 8 nitrogen and oxygen atoms in total. The van der Waals surface area contributed by atoms with Crippen molar-refractivity contribution in [3.05, 3.63) is 95.6 Å². The molecular weight excluding hydrogens is 583 g/mol. The van der Waals surface area contributed by atoms with Gasteiger partial charge in [-0.25, -0.2) is 8.42 Å². The molecular formula is C31H36F3N3O5S. The van der Waals surface area contributed by atoms with Crippen LogP contribution in [0.5, 0.6) is 5.75 Å². The van der Waals surface area contributed by atoms with Crippen LogP contribution in [0.25, 0.3) is 0 Å². The van der Waals surface area contributed by atoms with Crippen molar-refractivity contribution in [1.82, 2.24) is 10.2 Å². The predicted octanol–water partition coefficient (Wildman–Crippen LogP) is 4.89. The summed E-state index contributed by atoms with van der Waals surface area (Å²) in [6.45, 7) is 3.26. The predicted molar refractivity (Wildman–Crippen MR) is 159 cm³/mol. The summed E-state index contributed by atoms with van der Waals surface area (Å²) in [5.41, 5.74) is -0.0221. The van der Waals surface area contributed by atoms with Crippen LogP contribution in [0.2, 0.25) is 0 Å². The molecule has 3 rings (SSSR count). The Bertz CT molecular complexity index is 1500. The van der Waals surface area contributed by atoms with Crippen molar-refractivity contribution in [2.24, 2.45) is 5.92 Å². The number of nitrogens with one attached hydrogen (secondary N) is 1. The molecule has 1 atom stereocenters. The molecule has 0 radical (unpaired) electrons. The Morgan fingerprint density at radius 2 is 1.58 bits per heavy atom. The Kier molecular flexibility index (Phi) is 11.2. The molecule has 3 aromatic carbocycles. The van der Waals surface area contributed by atoms with E-state index in [1.807, 2.05) is 32.0 Å². The summed E-state index contributed by atoms with van der Waals surface area (Å²) in [4.78, 5) is 29.0.